The molecule has 3 atom stereocenters. The molecule has 0 unspecified atom stereocenters. The summed E-state index contributed by atoms with van der Waals surface area (Å²) in [6, 6.07) is 4.08. The molecule has 0 aliphatic heterocycles. The van der Waals surface area contributed by atoms with Gasteiger partial charge in [-0.15, -0.1) is 0 Å². The molecule has 2 aliphatic carbocycles. The van der Waals surface area contributed by atoms with Crippen LogP contribution in [0.15, 0.2) is 18.2 Å². The van der Waals surface area contributed by atoms with Crippen LogP contribution in [0.4, 0.5) is 11.4 Å². The number of fused-ring (bicyclic) bond motifs is 2. The van der Waals surface area contributed by atoms with Gasteiger partial charge < -0.3 is 5.32 Å². The fourth-order valence-electron chi connectivity index (χ4n) is 3.51. The third-order valence-corrected chi connectivity index (χ3v) is 4.82. The number of nitrogens with zero attached hydrogens (tertiary/aromatic N) is 1. The summed E-state index contributed by atoms with van der Waals surface area (Å²) in [6.45, 7) is 0. The topological polar surface area (TPSA) is 72.2 Å². The molecule has 2 aliphatic rings. The van der Waals surface area contributed by atoms with Crippen LogP contribution in [0.25, 0.3) is 0 Å². The largest absolute Gasteiger partial charge is 0.324 e. The number of hydrogen-bond donors (Lipinski definition) is 1. The van der Waals surface area contributed by atoms with Crippen LogP contribution in [-0.4, -0.2) is 10.8 Å². The number of rotatable bonds is 3. The number of carbonyl (C=O) groups excluding carboxylic acids is 1. The minimum absolute atomic E-state index is 0.0316. The number of nitrogens with one attached hydrogen (secondary N) is 1. The van der Waals surface area contributed by atoms with Gasteiger partial charge in [0.1, 0.15) is 0 Å². The average molecular weight is 295 g/mol. The quantitative estimate of drug-likeness (QED) is 0.683. The molecular formula is C14H15ClN2O3. The van der Waals surface area contributed by atoms with E-state index in [0.717, 1.165) is 19.3 Å². The zero-order chi connectivity index (χ0) is 14.3. The number of benzene rings is 1. The number of non-ortho nitro benzene ring substituents is 1. The first-order chi connectivity index (χ1) is 9.54. The summed E-state index contributed by atoms with van der Waals surface area (Å²) in [6.07, 6.45) is 4.42. The molecule has 3 rings (SSSR count). The van der Waals surface area contributed by atoms with E-state index in [0.29, 0.717) is 22.5 Å². The maximum absolute atomic E-state index is 12.3. The number of nitro benzene ring substituents is 1. The van der Waals surface area contributed by atoms with E-state index in [4.69, 9.17) is 11.6 Å². The van der Waals surface area contributed by atoms with Crippen molar-refractivity contribution in [3.63, 3.8) is 0 Å². The van der Waals surface area contributed by atoms with E-state index in [-0.39, 0.29) is 17.5 Å². The van der Waals surface area contributed by atoms with Crippen molar-refractivity contribution in [1.82, 2.24) is 0 Å². The van der Waals surface area contributed by atoms with E-state index in [2.05, 4.69) is 5.32 Å². The van der Waals surface area contributed by atoms with Crippen LogP contribution < -0.4 is 5.32 Å². The van der Waals surface area contributed by atoms with Crippen molar-refractivity contribution in [2.45, 2.75) is 25.7 Å². The van der Waals surface area contributed by atoms with E-state index in [9.17, 15) is 14.9 Å². The second-order valence-corrected chi connectivity index (χ2v) is 6.10. The summed E-state index contributed by atoms with van der Waals surface area (Å²) >= 11 is 5.99. The molecule has 0 saturated heterocycles. The fourth-order valence-corrected chi connectivity index (χ4v) is 3.68. The molecule has 0 aromatic heterocycles. The molecule has 6 heteroatoms. The number of halogens is 1. The van der Waals surface area contributed by atoms with Gasteiger partial charge in [-0.25, -0.2) is 0 Å². The fraction of sp³-hybridized carbons (Fsp3) is 0.500. The molecule has 0 spiro atoms. The molecular weight excluding hydrogens is 280 g/mol. The Balaban J connectivity index is 1.75. The summed E-state index contributed by atoms with van der Waals surface area (Å²) in [5, 5.41) is 13.8. The molecule has 0 radical (unpaired) electrons. The molecule has 1 amide bonds. The Kier molecular flexibility index (Phi) is 3.38. The van der Waals surface area contributed by atoms with Crippen molar-refractivity contribution in [3.05, 3.63) is 33.3 Å². The van der Waals surface area contributed by atoms with Crippen LogP contribution in [0, 0.1) is 27.9 Å². The standard InChI is InChI=1S/C14H15ClN2O3/c15-12-4-3-10(17(19)20)7-13(12)16-14(18)11-6-8-1-2-9(11)5-8/h3-4,7-9,11H,1-2,5-6H2,(H,16,18)/t8-,9-,11+/m0/s1. The maximum Gasteiger partial charge on any atom is 0.271 e. The van der Waals surface area contributed by atoms with Crippen molar-refractivity contribution >= 4 is 28.9 Å². The third kappa shape index (κ3) is 2.38. The summed E-state index contributed by atoms with van der Waals surface area (Å²) < 4.78 is 0. The first-order valence-electron chi connectivity index (χ1n) is 6.79. The predicted octanol–water partition coefficient (Wildman–Crippen LogP) is 3.62. The molecule has 1 aromatic rings. The Morgan fingerprint density at radius 2 is 2.15 bits per heavy atom. The number of hydrogen-bond acceptors (Lipinski definition) is 3. The molecule has 1 N–H and O–H groups in total. The van der Waals surface area contributed by atoms with Gasteiger partial charge in [0, 0.05) is 18.1 Å². The van der Waals surface area contributed by atoms with Gasteiger partial charge in [-0.3, -0.25) is 14.9 Å². The smallest absolute Gasteiger partial charge is 0.271 e. The summed E-state index contributed by atoms with van der Waals surface area (Å²) in [7, 11) is 0. The molecule has 0 heterocycles. The molecule has 1 aromatic carbocycles. The number of amides is 1. The number of anilines is 1. The highest BCUT2D eigenvalue weighted by molar-refractivity contribution is 6.33. The van der Waals surface area contributed by atoms with Crippen molar-refractivity contribution in [3.8, 4) is 0 Å². The third-order valence-electron chi connectivity index (χ3n) is 4.49. The minimum atomic E-state index is -0.497. The van der Waals surface area contributed by atoms with Crippen LogP contribution in [0.3, 0.4) is 0 Å². The molecule has 2 bridgehead atoms. The zero-order valence-electron chi connectivity index (χ0n) is 10.8. The normalized spacial score (nSPS) is 27.6. The van der Waals surface area contributed by atoms with Crippen LogP contribution in [0.1, 0.15) is 25.7 Å². The van der Waals surface area contributed by atoms with Crippen molar-refractivity contribution in [2.75, 3.05) is 5.32 Å². The van der Waals surface area contributed by atoms with Gasteiger partial charge in [0.2, 0.25) is 5.91 Å². The van der Waals surface area contributed by atoms with Gasteiger partial charge in [0.25, 0.3) is 5.69 Å². The number of nitro groups is 1. The first-order valence-corrected chi connectivity index (χ1v) is 7.17. The van der Waals surface area contributed by atoms with E-state index in [1.165, 1.54) is 24.6 Å². The highest BCUT2D eigenvalue weighted by atomic mass is 35.5. The molecule has 5 nitrogen and oxygen atoms in total. The first kappa shape index (κ1) is 13.4. The SMILES string of the molecule is O=C(Nc1cc([N+](=O)[O-])ccc1Cl)[C@@H]1C[C@H]2CC[C@H]1C2. The molecule has 2 fully saturated rings. The highest BCUT2D eigenvalue weighted by Gasteiger charge is 2.43. The summed E-state index contributed by atoms with van der Waals surface area (Å²) in [4.78, 5) is 22.6. The van der Waals surface area contributed by atoms with Crippen molar-refractivity contribution < 1.29 is 9.72 Å². The van der Waals surface area contributed by atoms with E-state index < -0.39 is 4.92 Å². The van der Waals surface area contributed by atoms with E-state index >= 15 is 0 Å². The lowest BCUT2D eigenvalue weighted by atomic mass is 9.88. The predicted molar refractivity (Wildman–Crippen MR) is 75.7 cm³/mol. The summed E-state index contributed by atoms with van der Waals surface area (Å²) in [5.41, 5.74) is 0.256. The Labute approximate surface area is 121 Å². The second kappa shape index (κ2) is 5.05. The molecule has 106 valence electrons. The minimum Gasteiger partial charge on any atom is -0.324 e. The maximum atomic E-state index is 12.3. The van der Waals surface area contributed by atoms with Crippen LogP contribution in [-0.2, 0) is 4.79 Å². The summed E-state index contributed by atoms with van der Waals surface area (Å²) in [5.74, 6) is 1.12. The zero-order valence-corrected chi connectivity index (χ0v) is 11.6. The van der Waals surface area contributed by atoms with Gasteiger partial charge in [-0.05, 0) is 37.2 Å². The van der Waals surface area contributed by atoms with Gasteiger partial charge in [-0.1, -0.05) is 18.0 Å². The number of carbonyl (C=O) groups is 1. The average Bonchev–Trinajstić information content (AvgIpc) is 3.03. The molecule has 20 heavy (non-hydrogen) atoms. The second-order valence-electron chi connectivity index (χ2n) is 5.69. The Morgan fingerprint density at radius 3 is 2.75 bits per heavy atom. The van der Waals surface area contributed by atoms with Gasteiger partial charge in [0.15, 0.2) is 0 Å². The van der Waals surface area contributed by atoms with E-state index in [1.807, 2.05) is 0 Å². The lowest BCUT2D eigenvalue weighted by Gasteiger charge is -2.21. The van der Waals surface area contributed by atoms with Crippen molar-refractivity contribution in [2.24, 2.45) is 17.8 Å². The van der Waals surface area contributed by atoms with Gasteiger partial charge in [0.05, 0.1) is 15.6 Å². The lowest BCUT2D eigenvalue weighted by molar-refractivity contribution is -0.384. The Morgan fingerprint density at radius 1 is 1.35 bits per heavy atom. The van der Waals surface area contributed by atoms with Crippen LogP contribution in [0.2, 0.25) is 5.02 Å². The van der Waals surface area contributed by atoms with Gasteiger partial charge in [-0.2, -0.15) is 0 Å². The molecule has 2 saturated carbocycles. The van der Waals surface area contributed by atoms with Crippen molar-refractivity contribution in [1.29, 1.82) is 0 Å². The lowest BCUT2D eigenvalue weighted by Crippen LogP contribution is -2.27. The van der Waals surface area contributed by atoms with Crippen LogP contribution >= 0.6 is 11.6 Å². The Bertz CT molecular complexity index is 576. The highest BCUT2D eigenvalue weighted by Crippen LogP contribution is 2.48. The van der Waals surface area contributed by atoms with Crippen LogP contribution in [0.5, 0.6) is 0 Å². The monoisotopic (exact) mass is 294 g/mol. The Hall–Kier alpha value is -1.62. The van der Waals surface area contributed by atoms with E-state index in [1.54, 1.807) is 0 Å². The van der Waals surface area contributed by atoms with Gasteiger partial charge >= 0.3 is 0 Å².